The van der Waals surface area contributed by atoms with Crippen LogP contribution in [0.2, 0.25) is 5.02 Å². The van der Waals surface area contributed by atoms with Gasteiger partial charge in [-0.2, -0.15) is 0 Å². The summed E-state index contributed by atoms with van der Waals surface area (Å²) in [5.74, 6) is 0. The van der Waals surface area contributed by atoms with Crippen LogP contribution in [0.1, 0.15) is 22.2 Å². The zero-order valence-corrected chi connectivity index (χ0v) is 13.0. The van der Waals surface area contributed by atoms with Crippen molar-refractivity contribution >= 4 is 22.9 Å². The summed E-state index contributed by atoms with van der Waals surface area (Å²) in [6, 6.07) is 8.49. The summed E-state index contributed by atoms with van der Waals surface area (Å²) in [4.78, 5) is 8.20. The first-order chi connectivity index (χ1) is 9.75. The fourth-order valence-electron chi connectivity index (χ4n) is 2.65. The fourth-order valence-corrected chi connectivity index (χ4v) is 3.71. The molecule has 5 heteroatoms. The van der Waals surface area contributed by atoms with Crippen molar-refractivity contribution < 1.29 is 0 Å². The Morgan fingerprint density at radius 1 is 1.45 bits per heavy atom. The molecule has 0 radical (unpaired) electrons. The summed E-state index contributed by atoms with van der Waals surface area (Å²) in [5.41, 5.74) is 4.28. The summed E-state index contributed by atoms with van der Waals surface area (Å²) in [7, 11) is 0. The third kappa shape index (κ3) is 2.88. The SMILES string of the molecule is Cc1ncsc1CN1CCNCC1c1ccccc1Cl. The van der Waals surface area contributed by atoms with Crippen LogP contribution in [0.25, 0.3) is 0 Å². The second-order valence-electron chi connectivity index (χ2n) is 5.07. The fraction of sp³-hybridized carbons (Fsp3) is 0.400. The van der Waals surface area contributed by atoms with Gasteiger partial charge in [0.2, 0.25) is 0 Å². The molecule has 1 atom stereocenters. The van der Waals surface area contributed by atoms with E-state index in [4.69, 9.17) is 11.6 Å². The molecule has 0 bridgehead atoms. The summed E-state index contributed by atoms with van der Waals surface area (Å²) in [5, 5.41) is 4.33. The van der Waals surface area contributed by atoms with Gasteiger partial charge in [0.05, 0.1) is 11.2 Å². The van der Waals surface area contributed by atoms with Crippen LogP contribution in [0, 0.1) is 6.92 Å². The lowest BCUT2D eigenvalue weighted by Crippen LogP contribution is -2.45. The van der Waals surface area contributed by atoms with Crippen molar-refractivity contribution in [2.24, 2.45) is 0 Å². The van der Waals surface area contributed by atoms with E-state index in [0.29, 0.717) is 6.04 Å². The quantitative estimate of drug-likeness (QED) is 0.943. The number of aromatic nitrogens is 1. The molecule has 0 amide bonds. The van der Waals surface area contributed by atoms with Crippen molar-refractivity contribution in [1.29, 1.82) is 0 Å². The number of benzene rings is 1. The summed E-state index contributed by atoms with van der Waals surface area (Å²) >= 11 is 8.11. The molecule has 1 aromatic carbocycles. The molecule has 1 unspecified atom stereocenters. The zero-order chi connectivity index (χ0) is 13.9. The highest BCUT2D eigenvalue weighted by Crippen LogP contribution is 2.30. The van der Waals surface area contributed by atoms with Gasteiger partial charge in [-0.25, -0.2) is 4.98 Å². The second kappa shape index (κ2) is 6.22. The highest BCUT2D eigenvalue weighted by atomic mass is 35.5. The number of nitrogens with zero attached hydrogens (tertiary/aromatic N) is 2. The first kappa shape index (κ1) is 14.0. The molecule has 1 saturated heterocycles. The van der Waals surface area contributed by atoms with E-state index in [0.717, 1.165) is 36.9 Å². The van der Waals surface area contributed by atoms with Gasteiger partial charge in [-0.3, -0.25) is 4.90 Å². The second-order valence-corrected chi connectivity index (χ2v) is 6.42. The maximum absolute atomic E-state index is 6.37. The van der Waals surface area contributed by atoms with Crippen LogP contribution in [-0.2, 0) is 6.54 Å². The molecule has 1 N–H and O–H groups in total. The lowest BCUT2D eigenvalue weighted by atomic mass is 10.0. The van der Waals surface area contributed by atoms with Crippen molar-refractivity contribution in [3.05, 3.63) is 50.9 Å². The number of piperazine rings is 1. The van der Waals surface area contributed by atoms with Gasteiger partial charge in [0.15, 0.2) is 0 Å². The Labute approximate surface area is 128 Å². The van der Waals surface area contributed by atoms with Gasteiger partial charge in [0.25, 0.3) is 0 Å². The van der Waals surface area contributed by atoms with Crippen molar-refractivity contribution in [3.8, 4) is 0 Å². The van der Waals surface area contributed by atoms with Gasteiger partial charge in [-0.1, -0.05) is 29.8 Å². The monoisotopic (exact) mass is 307 g/mol. The van der Waals surface area contributed by atoms with E-state index in [9.17, 15) is 0 Å². The standard InChI is InChI=1S/C15H18ClN3S/c1-11-15(20-10-18-11)9-19-7-6-17-8-14(19)12-4-2-3-5-13(12)16/h2-5,10,14,17H,6-9H2,1H3. The molecule has 20 heavy (non-hydrogen) atoms. The molecule has 0 aliphatic carbocycles. The molecule has 1 aromatic heterocycles. The third-order valence-corrected chi connectivity index (χ3v) is 5.07. The predicted molar refractivity (Wildman–Crippen MR) is 84.3 cm³/mol. The first-order valence-corrected chi connectivity index (χ1v) is 8.09. The normalized spacial score (nSPS) is 20.2. The first-order valence-electron chi connectivity index (χ1n) is 6.84. The summed E-state index contributed by atoms with van der Waals surface area (Å²) < 4.78 is 0. The number of nitrogens with one attached hydrogen (secondary N) is 1. The van der Waals surface area contributed by atoms with E-state index >= 15 is 0 Å². The molecule has 3 nitrogen and oxygen atoms in total. The average molecular weight is 308 g/mol. The Morgan fingerprint density at radius 3 is 3.05 bits per heavy atom. The number of halogens is 1. The van der Waals surface area contributed by atoms with Crippen LogP contribution >= 0.6 is 22.9 Å². The van der Waals surface area contributed by atoms with Crippen molar-refractivity contribution in [2.75, 3.05) is 19.6 Å². The highest BCUT2D eigenvalue weighted by molar-refractivity contribution is 7.09. The molecule has 0 saturated carbocycles. The smallest absolute Gasteiger partial charge is 0.0798 e. The molecular weight excluding hydrogens is 290 g/mol. The molecule has 2 aromatic rings. The lowest BCUT2D eigenvalue weighted by Gasteiger charge is -2.36. The van der Waals surface area contributed by atoms with E-state index in [1.165, 1.54) is 10.4 Å². The molecular formula is C15H18ClN3S. The minimum Gasteiger partial charge on any atom is -0.314 e. The summed E-state index contributed by atoms with van der Waals surface area (Å²) in [6.07, 6.45) is 0. The Balaban J connectivity index is 1.84. The van der Waals surface area contributed by atoms with Crippen LogP contribution in [-0.4, -0.2) is 29.5 Å². The van der Waals surface area contributed by atoms with Crippen LogP contribution in [0.3, 0.4) is 0 Å². The largest absolute Gasteiger partial charge is 0.314 e. The molecule has 1 fully saturated rings. The zero-order valence-electron chi connectivity index (χ0n) is 11.5. The molecule has 3 rings (SSSR count). The van der Waals surface area contributed by atoms with Crippen LogP contribution in [0.4, 0.5) is 0 Å². The predicted octanol–water partition coefficient (Wildman–Crippen LogP) is 3.25. The average Bonchev–Trinajstić information content (AvgIpc) is 2.86. The van der Waals surface area contributed by atoms with Crippen LogP contribution in [0.5, 0.6) is 0 Å². The maximum Gasteiger partial charge on any atom is 0.0798 e. The highest BCUT2D eigenvalue weighted by Gasteiger charge is 2.26. The Bertz CT molecular complexity index is 584. The van der Waals surface area contributed by atoms with Gasteiger partial charge < -0.3 is 5.32 Å². The van der Waals surface area contributed by atoms with E-state index < -0.39 is 0 Å². The van der Waals surface area contributed by atoms with Gasteiger partial charge in [-0.05, 0) is 18.6 Å². The van der Waals surface area contributed by atoms with Crippen molar-refractivity contribution in [3.63, 3.8) is 0 Å². The van der Waals surface area contributed by atoms with Gasteiger partial charge in [0, 0.05) is 42.1 Å². The Morgan fingerprint density at radius 2 is 2.30 bits per heavy atom. The van der Waals surface area contributed by atoms with Crippen LogP contribution in [0.15, 0.2) is 29.8 Å². The van der Waals surface area contributed by atoms with E-state index in [2.05, 4.69) is 34.3 Å². The molecule has 106 valence electrons. The molecule has 1 aliphatic rings. The number of aryl methyl sites for hydroxylation is 1. The lowest BCUT2D eigenvalue weighted by molar-refractivity contribution is 0.155. The minimum atomic E-state index is 0.332. The third-order valence-electron chi connectivity index (χ3n) is 3.81. The van der Waals surface area contributed by atoms with Crippen molar-refractivity contribution in [1.82, 2.24) is 15.2 Å². The summed E-state index contributed by atoms with van der Waals surface area (Å²) in [6.45, 7) is 6.04. The number of hydrogen-bond acceptors (Lipinski definition) is 4. The Hall–Kier alpha value is -0.940. The molecule has 0 spiro atoms. The van der Waals surface area contributed by atoms with E-state index in [-0.39, 0.29) is 0 Å². The van der Waals surface area contributed by atoms with E-state index in [1.54, 1.807) is 11.3 Å². The van der Waals surface area contributed by atoms with Crippen LogP contribution < -0.4 is 5.32 Å². The van der Waals surface area contributed by atoms with Gasteiger partial charge >= 0.3 is 0 Å². The number of hydrogen-bond donors (Lipinski definition) is 1. The number of thiazole rings is 1. The van der Waals surface area contributed by atoms with Gasteiger partial charge in [0.1, 0.15) is 0 Å². The Kier molecular flexibility index (Phi) is 4.36. The van der Waals surface area contributed by atoms with E-state index in [1.807, 2.05) is 17.6 Å². The van der Waals surface area contributed by atoms with Gasteiger partial charge in [-0.15, -0.1) is 11.3 Å². The maximum atomic E-state index is 6.37. The topological polar surface area (TPSA) is 28.2 Å². The number of rotatable bonds is 3. The molecule has 2 heterocycles. The molecule has 1 aliphatic heterocycles. The van der Waals surface area contributed by atoms with Crippen molar-refractivity contribution in [2.45, 2.75) is 19.5 Å². The minimum absolute atomic E-state index is 0.332.